The van der Waals surface area contributed by atoms with Crippen LogP contribution in [0.5, 0.6) is 0 Å². The fraction of sp³-hybridized carbons (Fsp3) is 0.294. The van der Waals surface area contributed by atoms with Crippen molar-refractivity contribution in [2.24, 2.45) is 5.10 Å². The van der Waals surface area contributed by atoms with Gasteiger partial charge in [0.25, 0.3) is 0 Å². The summed E-state index contributed by atoms with van der Waals surface area (Å²) in [4.78, 5) is 11.8. The fourth-order valence-electron chi connectivity index (χ4n) is 1.91. The second-order valence-corrected chi connectivity index (χ2v) is 7.12. The van der Waals surface area contributed by atoms with Crippen LogP contribution in [0, 0.1) is 3.77 Å². The van der Waals surface area contributed by atoms with Crippen LogP contribution in [0.15, 0.2) is 45.9 Å². The number of hydrogen-bond donors (Lipinski definition) is 1. The monoisotopic (exact) mass is 410 g/mol. The van der Waals surface area contributed by atoms with Gasteiger partial charge in [0, 0.05) is 0 Å². The highest BCUT2D eigenvalue weighted by atomic mass is 127. The number of nitrogens with one attached hydrogen (secondary N) is 1. The largest absolute Gasteiger partial charge is 0.449 e. The number of carbonyl (C=O) groups is 1. The number of halogens is 1. The first-order valence-electron chi connectivity index (χ1n) is 7.01. The van der Waals surface area contributed by atoms with Gasteiger partial charge in [-0.3, -0.25) is 4.79 Å². The Morgan fingerprint density at radius 3 is 2.45 bits per heavy atom. The molecule has 4 nitrogen and oxygen atoms in total. The second-order valence-electron chi connectivity index (χ2n) is 6.06. The molecule has 1 heterocycles. The molecular weight excluding hydrogens is 391 g/mol. The molecule has 1 aromatic carbocycles. The maximum atomic E-state index is 11.8. The van der Waals surface area contributed by atoms with Crippen molar-refractivity contribution in [3.8, 4) is 0 Å². The van der Waals surface area contributed by atoms with Gasteiger partial charge in [0.1, 0.15) is 5.76 Å². The average molecular weight is 410 g/mol. The Morgan fingerprint density at radius 2 is 1.91 bits per heavy atom. The normalized spacial score (nSPS) is 11.8. The highest BCUT2D eigenvalue weighted by Crippen LogP contribution is 2.22. The van der Waals surface area contributed by atoms with Gasteiger partial charge in [-0.2, -0.15) is 5.10 Å². The van der Waals surface area contributed by atoms with Gasteiger partial charge in [-0.1, -0.05) is 45.0 Å². The Labute approximate surface area is 144 Å². The Morgan fingerprint density at radius 1 is 1.23 bits per heavy atom. The molecule has 0 fully saturated rings. The summed E-state index contributed by atoms with van der Waals surface area (Å²) in [5.41, 5.74) is 4.84. The molecule has 1 amide bonds. The van der Waals surface area contributed by atoms with Crippen LogP contribution < -0.4 is 5.43 Å². The van der Waals surface area contributed by atoms with Gasteiger partial charge in [0.05, 0.1) is 12.6 Å². The van der Waals surface area contributed by atoms with E-state index in [4.69, 9.17) is 4.42 Å². The first-order valence-corrected chi connectivity index (χ1v) is 8.09. The molecule has 2 aromatic rings. The smallest absolute Gasteiger partial charge is 0.244 e. The number of hydrogen-bond acceptors (Lipinski definition) is 3. The van der Waals surface area contributed by atoms with Gasteiger partial charge in [-0.15, -0.1) is 0 Å². The van der Waals surface area contributed by atoms with Gasteiger partial charge in [0.15, 0.2) is 3.77 Å². The van der Waals surface area contributed by atoms with Crippen molar-refractivity contribution in [2.75, 3.05) is 0 Å². The van der Waals surface area contributed by atoms with Crippen LogP contribution in [0.25, 0.3) is 0 Å². The van der Waals surface area contributed by atoms with E-state index < -0.39 is 0 Å². The molecule has 0 saturated carbocycles. The lowest BCUT2D eigenvalue weighted by molar-refractivity contribution is -0.120. The lowest BCUT2D eigenvalue weighted by Gasteiger charge is -2.19. The summed E-state index contributed by atoms with van der Waals surface area (Å²) in [5, 5.41) is 3.89. The average Bonchev–Trinajstić information content (AvgIpc) is 2.84. The van der Waals surface area contributed by atoms with Crippen molar-refractivity contribution in [1.29, 1.82) is 0 Å². The first-order chi connectivity index (χ1) is 10.3. The number of benzene rings is 1. The molecule has 5 heteroatoms. The molecule has 1 N–H and O–H groups in total. The zero-order valence-corrected chi connectivity index (χ0v) is 15.0. The quantitative estimate of drug-likeness (QED) is 0.473. The maximum absolute atomic E-state index is 11.8. The van der Waals surface area contributed by atoms with Gasteiger partial charge in [0.2, 0.25) is 5.91 Å². The third-order valence-corrected chi connectivity index (χ3v) is 3.74. The molecule has 2 rings (SSSR count). The van der Waals surface area contributed by atoms with Crippen molar-refractivity contribution in [2.45, 2.75) is 32.6 Å². The lowest BCUT2D eigenvalue weighted by Crippen LogP contribution is -2.20. The molecule has 22 heavy (non-hydrogen) atoms. The maximum Gasteiger partial charge on any atom is 0.244 e. The standard InChI is InChI=1S/C17H19IN2O2/c1-17(2,3)13-6-4-12(5-7-13)10-16(21)20-19-11-14-8-9-15(18)22-14/h4-9,11H,10H2,1-3H3,(H,20,21)/b19-11-. The van der Waals surface area contributed by atoms with Gasteiger partial charge < -0.3 is 4.42 Å². The van der Waals surface area contributed by atoms with E-state index in [0.717, 1.165) is 9.33 Å². The molecule has 0 radical (unpaired) electrons. The molecule has 0 unspecified atom stereocenters. The summed E-state index contributed by atoms with van der Waals surface area (Å²) >= 11 is 2.07. The van der Waals surface area contributed by atoms with Gasteiger partial charge in [-0.25, -0.2) is 5.43 Å². The molecule has 0 aliphatic rings. The molecule has 116 valence electrons. The second kappa shape index (κ2) is 7.09. The summed E-state index contributed by atoms with van der Waals surface area (Å²) < 4.78 is 6.10. The summed E-state index contributed by atoms with van der Waals surface area (Å²) in [5.74, 6) is 0.459. The number of hydrazone groups is 1. The summed E-state index contributed by atoms with van der Waals surface area (Å²) in [6.45, 7) is 6.50. The zero-order chi connectivity index (χ0) is 16.2. The Bertz CT molecular complexity index is 667. The van der Waals surface area contributed by atoms with E-state index in [-0.39, 0.29) is 11.3 Å². The zero-order valence-electron chi connectivity index (χ0n) is 12.9. The van der Waals surface area contributed by atoms with E-state index in [1.165, 1.54) is 11.8 Å². The first kappa shape index (κ1) is 16.7. The lowest BCUT2D eigenvalue weighted by atomic mass is 9.86. The molecule has 0 aliphatic carbocycles. The van der Waals surface area contributed by atoms with Crippen molar-refractivity contribution in [3.63, 3.8) is 0 Å². The van der Waals surface area contributed by atoms with Crippen LogP contribution in [-0.4, -0.2) is 12.1 Å². The van der Waals surface area contributed by atoms with E-state index in [1.807, 2.05) is 18.2 Å². The van der Waals surface area contributed by atoms with Crippen LogP contribution >= 0.6 is 22.6 Å². The highest BCUT2D eigenvalue weighted by molar-refractivity contribution is 14.1. The Balaban J connectivity index is 1.88. The Kier molecular flexibility index (Phi) is 5.39. The predicted molar refractivity (Wildman–Crippen MR) is 96.0 cm³/mol. The Hall–Kier alpha value is -1.63. The number of rotatable bonds is 4. The number of furan rings is 1. The van der Waals surface area contributed by atoms with E-state index in [9.17, 15) is 4.79 Å². The molecule has 0 bridgehead atoms. The molecule has 0 spiro atoms. The SMILES string of the molecule is CC(C)(C)c1ccc(CC(=O)N/N=C\c2ccc(I)o2)cc1. The van der Waals surface area contributed by atoms with E-state index in [2.05, 4.69) is 66.0 Å². The summed E-state index contributed by atoms with van der Waals surface area (Å²) in [6, 6.07) is 11.7. The molecule has 0 saturated heterocycles. The minimum Gasteiger partial charge on any atom is -0.449 e. The van der Waals surface area contributed by atoms with Crippen molar-refractivity contribution in [1.82, 2.24) is 5.43 Å². The van der Waals surface area contributed by atoms with Crippen LogP contribution in [0.1, 0.15) is 37.7 Å². The molecule has 0 aliphatic heterocycles. The number of nitrogens with zero attached hydrogens (tertiary/aromatic N) is 1. The fourth-order valence-corrected chi connectivity index (χ4v) is 2.35. The van der Waals surface area contributed by atoms with E-state index >= 15 is 0 Å². The third kappa shape index (κ3) is 4.98. The van der Waals surface area contributed by atoms with Crippen molar-refractivity contribution >= 4 is 34.7 Å². The minimum atomic E-state index is -0.152. The third-order valence-electron chi connectivity index (χ3n) is 3.16. The van der Waals surface area contributed by atoms with E-state index in [0.29, 0.717) is 12.2 Å². The molecule has 0 atom stereocenters. The van der Waals surface area contributed by atoms with Crippen LogP contribution in [-0.2, 0) is 16.6 Å². The van der Waals surface area contributed by atoms with Gasteiger partial charge in [-0.05, 0) is 51.3 Å². The van der Waals surface area contributed by atoms with Crippen LogP contribution in [0.3, 0.4) is 0 Å². The minimum absolute atomic E-state index is 0.117. The molecular formula is C17H19IN2O2. The molecule has 1 aromatic heterocycles. The number of amides is 1. The summed E-state index contributed by atoms with van der Waals surface area (Å²) in [7, 11) is 0. The summed E-state index contributed by atoms with van der Waals surface area (Å²) in [6.07, 6.45) is 1.79. The number of carbonyl (C=O) groups excluding carboxylic acids is 1. The topological polar surface area (TPSA) is 54.6 Å². The van der Waals surface area contributed by atoms with Crippen LogP contribution in [0.4, 0.5) is 0 Å². The van der Waals surface area contributed by atoms with E-state index in [1.54, 1.807) is 6.07 Å². The van der Waals surface area contributed by atoms with Gasteiger partial charge >= 0.3 is 0 Å². The van der Waals surface area contributed by atoms with Crippen LogP contribution in [0.2, 0.25) is 0 Å². The van der Waals surface area contributed by atoms with Crippen molar-refractivity contribution in [3.05, 3.63) is 57.1 Å². The predicted octanol–water partition coefficient (Wildman–Crippen LogP) is 3.87. The van der Waals surface area contributed by atoms with Crippen molar-refractivity contribution < 1.29 is 9.21 Å². The highest BCUT2D eigenvalue weighted by Gasteiger charge is 2.13.